The van der Waals surface area contributed by atoms with E-state index in [2.05, 4.69) is 38.5 Å². The average molecular weight is 454 g/mol. The van der Waals surface area contributed by atoms with Gasteiger partial charge in [0.15, 0.2) is 0 Å². The van der Waals surface area contributed by atoms with Crippen LogP contribution < -0.4 is 10.6 Å². The van der Waals surface area contributed by atoms with Gasteiger partial charge in [-0.3, -0.25) is 14.9 Å². The highest BCUT2D eigenvalue weighted by atomic mass is 16.2. The number of imidazole rings is 1. The molecule has 4 heterocycles. The molecule has 3 aliphatic rings. The number of anilines is 1. The predicted molar refractivity (Wildman–Crippen MR) is 126 cm³/mol. The number of urea groups is 1. The molecule has 170 valence electrons. The Hall–Kier alpha value is -4.14. The van der Waals surface area contributed by atoms with Crippen molar-refractivity contribution in [1.82, 2.24) is 24.8 Å². The minimum atomic E-state index is -0.834. The number of likely N-dealkylation sites (N-methyl/N-ethyl adjacent to an activating group) is 1. The van der Waals surface area contributed by atoms with Crippen molar-refractivity contribution in [3.8, 4) is 0 Å². The van der Waals surface area contributed by atoms with Crippen LogP contribution in [0.1, 0.15) is 28.9 Å². The van der Waals surface area contributed by atoms with Crippen LogP contribution in [0.3, 0.4) is 0 Å². The number of aromatic nitrogens is 3. The van der Waals surface area contributed by atoms with E-state index in [0.29, 0.717) is 32.2 Å². The average Bonchev–Trinajstić information content (AvgIpc) is 3.49. The fourth-order valence-electron chi connectivity index (χ4n) is 5.82. The summed E-state index contributed by atoms with van der Waals surface area (Å²) in [5.74, 6) is 0.662. The van der Waals surface area contributed by atoms with E-state index in [4.69, 9.17) is 4.98 Å². The first-order chi connectivity index (χ1) is 16.4. The van der Waals surface area contributed by atoms with E-state index in [0.717, 1.165) is 50.1 Å². The van der Waals surface area contributed by atoms with Gasteiger partial charge in [-0.2, -0.15) is 0 Å². The topological polar surface area (TPSA) is 112 Å². The van der Waals surface area contributed by atoms with Gasteiger partial charge in [0.2, 0.25) is 5.91 Å². The fraction of sp³-hybridized carbons (Fsp3) is 0.280. The zero-order valence-corrected chi connectivity index (χ0v) is 18.6. The van der Waals surface area contributed by atoms with Crippen LogP contribution in [0.2, 0.25) is 0 Å². The monoisotopic (exact) mass is 454 g/mol. The molecule has 9 heteroatoms. The molecule has 2 aliphatic heterocycles. The Bertz CT molecular complexity index is 1540. The first kappa shape index (κ1) is 19.3. The molecule has 3 N–H and O–H groups in total. The van der Waals surface area contributed by atoms with E-state index in [1.807, 2.05) is 18.2 Å². The van der Waals surface area contributed by atoms with Crippen LogP contribution in [0, 0.1) is 0 Å². The van der Waals surface area contributed by atoms with Gasteiger partial charge >= 0.3 is 6.03 Å². The van der Waals surface area contributed by atoms with Gasteiger partial charge in [-0.05, 0) is 47.4 Å². The second-order valence-corrected chi connectivity index (χ2v) is 9.56. The summed E-state index contributed by atoms with van der Waals surface area (Å²) in [5.41, 5.74) is 6.15. The Balaban J connectivity index is 1.23. The molecule has 4 amide bonds. The molecular weight excluding hydrogens is 432 g/mol. The molecule has 1 spiro atoms. The molecule has 7 rings (SSSR count). The normalized spacial score (nSPS) is 18.6. The first-order valence-electron chi connectivity index (χ1n) is 11.4. The van der Waals surface area contributed by atoms with Crippen molar-refractivity contribution >= 4 is 45.5 Å². The van der Waals surface area contributed by atoms with Gasteiger partial charge in [-0.15, -0.1) is 0 Å². The molecule has 2 aromatic carbocycles. The number of hydrogen-bond acceptors (Lipinski definition) is 4. The van der Waals surface area contributed by atoms with Gasteiger partial charge in [-0.25, -0.2) is 9.78 Å². The molecule has 1 atom stereocenters. The molecular formula is C25H22N6O3. The van der Waals surface area contributed by atoms with Crippen LogP contribution in [0.5, 0.6) is 0 Å². The van der Waals surface area contributed by atoms with E-state index in [1.54, 1.807) is 7.05 Å². The quantitative estimate of drug-likeness (QED) is 0.404. The number of carbonyl (C=O) groups excluding carboxylic acids is 3. The number of carbonyl (C=O) groups is 3. The SMILES string of the molecule is CN1C(=O)NC(=O)C12Cc1cc3nc(Cn4cc5c6c(cccc64)NC(=O)CC5)[nH]c3cc1C2. The Kier molecular flexibility index (Phi) is 3.68. The van der Waals surface area contributed by atoms with Crippen molar-refractivity contribution in [2.24, 2.45) is 0 Å². The number of aryl methyl sites for hydroxylation is 1. The lowest BCUT2D eigenvalue weighted by molar-refractivity contribution is -0.125. The summed E-state index contributed by atoms with van der Waals surface area (Å²) in [6, 6.07) is 9.73. The van der Waals surface area contributed by atoms with E-state index in [-0.39, 0.29) is 17.8 Å². The van der Waals surface area contributed by atoms with Crippen molar-refractivity contribution in [3.05, 3.63) is 59.0 Å². The number of benzene rings is 2. The lowest BCUT2D eigenvalue weighted by Gasteiger charge is -2.27. The highest BCUT2D eigenvalue weighted by molar-refractivity contribution is 6.08. The van der Waals surface area contributed by atoms with Crippen LogP contribution in [0.25, 0.3) is 21.9 Å². The van der Waals surface area contributed by atoms with Gasteiger partial charge in [-0.1, -0.05) is 6.07 Å². The maximum atomic E-state index is 12.6. The number of aromatic amines is 1. The van der Waals surface area contributed by atoms with Gasteiger partial charge in [0.25, 0.3) is 5.91 Å². The molecule has 0 bridgehead atoms. The molecule has 1 aliphatic carbocycles. The number of nitrogens with one attached hydrogen (secondary N) is 3. The van der Waals surface area contributed by atoms with Crippen molar-refractivity contribution in [3.63, 3.8) is 0 Å². The number of fused-ring (bicyclic) bond motifs is 2. The summed E-state index contributed by atoms with van der Waals surface area (Å²) in [7, 11) is 1.68. The molecule has 34 heavy (non-hydrogen) atoms. The van der Waals surface area contributed by atoms with Crippen molar-refractivity contribution < 1.29 is 14.4 Å². The van der Waals surface area contributed by atoms with E-state index in [1.165, 1.54) is 4.90 Å². The van der Waals surface area contributed by atoms with E-state index >= 15 is 0 Å². The molecule has 9 nitrogen and oxygen atoms in total. The van der Waals surface area contributed by atoms with Crippen LogP contribution >= 0.6 is 0 Å². The van der Waals surface area contributed by atoms with Crippen LogP contribution in [0.4, 0.5) is 10.5 Å². The maximum absolute atomic E-state index is 12.6. The van der Waals surface area contributed by atoms with Gasteiger partial charge in [0, 0.05) is 37.9 Å². The van der Waals surface area contributed by atoms with Crippen LogP contribution in [-0.2, 0) is 35.4 Å². The van der Waals surface area contributed by atoms with Crippen molar-refractivity contribution in [2.75, 3.05) is 12.4 Å². The van der Waals surface area contributed by atoms with Crippen LogP contribution in [-0.4, -0.2) is 49.9 Å². The third kappa shape index (κ3) is 2.55. The molecule has 1 saturated heterocycles. The second-order valence-electron chi connectivity index (χ2n) is 9.56. The van der Waals surface area contributed by atoms with Crippen molar-refractivity contribution in [1.29, 1.82) is 0 Å². The standard InChI is InChI=1S/C25H22N6O3/c1-30-24(34)29-23(33)25(30)9-14-7-17-18(8-15(14)10-25)27-20(26-17)12-31-11-13-5-6-21(32)28-16-3-2-4-19(31)22(13)16/h2-4,7-8,11H,5-6,9-10,12H2,1H3,(H,26,27)(H,28,32)(H,29,33,34). The third-order valence-corrected chi connectivity index (χ3v) is 7.61. The largest absolute Gasteiger partial charge is 0.340 e. The van der Waals surface area contributed by atoms with Gasteiger partial charge < -0.3 is 19.8 Å². The lowest BCUT2D eigenvalue weighted by Crippen LogP contribution is -2.48. The molecule has 2 aromatic heterocycles. The number of amides is 4. The maximum Gasteiger partial charge on any atom is 0.324 e. The number of nitrogens with zero attached hydrogens (tertiary/aromatic N) is 3. The van der Waals surface area contributed by atoms with Gasteiger partial charge in [0.1, 0.15) is 11.4 Å². The summed E-state index contributed by atoms with van der Waals surface area (Å²) in [6.07, 6.45) is 4.31. The smallest absolute Gasteiger partial charge is 0.324 e. The zero-order chi connectivity index (χ0) is 23.2. The minimum absolute atomic E-state index is 0.0491. The number of imide groups is 1. The summed E-state index contributed by atoms with van der Waals surface area (Å²) in [4.78, 5) is 46.4. The molecule has 0 saturated carbocycles. The predicted octanol–water partition coefficient (Wildman–Crippen LogP) is 2.47. The van der Waals surface area contributed by atoms with E-state index in [9.17, 15) is 14.4 Å². The summed E-state index contributed by atoms with van der Waals surface area (Å²) >= 11 is 0. The lowest BCUT2D eigenvalue weighted by atomic mass is 9.95. The number of rotatable bonds is 2. The Morgan fingerprint density at radius 2 is 1.85 bits per heavy atom. The van der Waals surface area contributed by atoms with Gasteiger partial charge in [0.05, 0.1) is 28.8 Å². The second kappa shape index (κ2) is 6.47. The highest BCUT2D eigenvalue weighted by Gasteiger charge is 2.54. The summed E-state index contributed by atoms with van der Waals surface area (Å²) < 4.78 is 2.18. The Morgan fingerprint density at radius 1 is 1.03 bits per heavy atom. The molecule has 4 aromatic rings. The number of hydrogen-bond donors (Lipinski definition) is 3. The molecule has 1 unspecified atom stereocenters. The minimum Gasteiger partial charge on any atom is -0.340 e. The summed E-state index contributed by atoms with van der Waals surface area (Å²) in [6.45, 7) is 0.580. The first-order valence-corrected chi connectivity index (χ1v) is 11.4. The Labute approximate surface area is 194 Å². The van der Waals surface area contributed by atoms with Crippen molar-refractivity contribution in [2.45, 2.75) is 37.8 Å². The molecule has 0 radical (unpaired) electrons. The van der Waals surface area contributed by atoms with Crippen LogP contribution in [0.15, 0.2) is 36.5 Å². The third-order valence-electron chi connectivity index (χ3n) is 7.61. The fourth-order valence-corrected chi connectivity index (χ4v) is 5.82. The number of H-pyrrole nitrogens is 1. The summed E-state index contributed by atoms with van der Waals surface area (Å²) in [5, 5.41) is 6.55. The van der Waals surface area contributed by atoms with E-state index < -0.39 is 5.54 Å². The Morgan fingerprint density at radius 3 is 2.65 bits per heavy atom. The highest BCUT2D eigenvalue weighted by Crippen LogP contribution is 2.38. The molecule has 1 fully saturated rings. The zero-order valence-electron chi connectivity index (χ0n) is 18.6.